The van der Waals surface area contributed by atoms with Gasteiger partial charge in [0.25, 0.3) is 0 Å². The Morgan fingerprint density at radius 1 is 1.45 bits per heavy atom. The van der Waals surface area contributed by atoms with Gasteiger partial charge in [0.2, 0.25) is 5.91 Å². The lowest BCUT2D eigenvalue weighted by Crippen LogP contribution is -2.49. The number of ether oxygens (including phenoxy) is 1. The molecule has 0 aromatic heterocycles. The van der Waals surface area contributed by atoms with Crippen LogP contribution in [-0.4, -0.2) is 56.7 Å². The lowest BCUT2D eigenvalue weighted by atomic mass is 10.2. The highest BCUT2D eigenvalue weighted by atomic mass is 35.5. The summed E-state index contributed by atoms with van der Waals surface area (Å²) >= 11 is 0. The van der Waals surface area contributed by atoms with E-state index < -0.39 is 0 Å². The van der Waals surface area contributed by atoms with Crippen LogP contribution in [0.4, 0.5) is 5.69 Å². The highest BCUT2D eigenvalue weighted by Crippen LogP contribution is 2.12. The van der Waals surface area contributed by atoms with E-state index in [9.17, 15) is 4.79 Å². The van der Waals surface area contributed by atoms with Crippen LogP contribution in [0.3, 0.4) is 0 Å². The minimum Gasteiger partial charge on any atom is -0.374 e. The average molecular weight is 300 g/mol. The number of carbonyl (C=O) groups excluding carboxylic acids is 1. The molecular formula is C14H22ClN3O2. The Balaban J connectivity index is 0.00000200. The molecule has 1 aromatic rings. The molecule has 0 bridgehead atoms. The summed E-state index contributed by atoms with van der Waals surface area (Å²) in [5, 5.41) is 0. The van der Waals surface area contributed by atoms with Crippen molar-refractivity contribution in [3.8, 4) is 0 Å². The summed E-state index contributed by atoms with van der Waals surface area (Å²) in [6.45, 7) is 3.06. The molecule has 1 aliphatic heterocycles. The minimum atomic E-state index is 0. The van der Waals surface area contributed by atoms with Crippen molar-refractivity contribution >= 4 is 24.0 Å². The Labute approximate surface area is 126 Å². The minimum absolute atomic E-state index is 0. The van der Waals surface area contributed by atoms with E-state index in [1.165, 1.54) is 0 Å². The van der Waals surface area contributed by atoms with Gasteiger partial charge in [-0.1, -0.05) is 18.2 Å². The van der Waals surface area contributed by atoms with E-state index in [0.29, 0.717) is 19.7 Å². The molecule has 1 amide bonds. The van der Waals surface area contributed by atoms with Crippen molar-refractivity contribution in [3.63, 3.8) is 0 Å². The molecule has 0 saturated carbocycles. The molecule has 112 valence electrons. The molecule has 5 nitrogen and oxygen atoms in total. The molecule has 0 aliphatic carbocycles. The number of benzene rings is 1. The number of nitrogens with two attached hydrogens (primary N) is 1. The van der Waals surface area contributed by atoms with Crippen molar-refractivity contribution in [3.05, 3.63) is 30.3 Å². The smallest absolute Gasteiger partial charge is 0.240 e. The van der Waals surface area contributed by atoms with Crippen molar-refractivity contribution in [2.75, 3.05) is 44.7 Å². The van der Waals surface area contributed by atoms with E-state index in [1.54, 1.807) is 11.9 Å². The molecule has 0 spiro atoms. The van der Waals surface area contributed by atoms with Crippen LogP contribution < -0.4 is 10.6 Å². The molecule has 1 fully saturated rings. The standard InChI is InChI=1S/C14H21N3O2.ClH/c1-16(12-5-3-2-4-6-12)14(18)11-17-7-8-19-13(9-15)10-17;/h2-6,13H,7-11,15H2,1H3;1H. The van der Waals surface area contributed by atoms with Gasteiger partial charge >= 0.3 is 0 Å². The van der Waals surface area contributed by atoms with Gasteiger partial charge in [0.05, 0.1) is 19.3 Å². The number of nitrogens with zero attached hydrogens (tertiary/aromatic N) is 2. The topological polar surface area (TPSA) is 58.8 Å². The van der Waals surface area contributed by atoms with Crippen LogP contribution in [0.2, 0.25) is 0 Å². The Hall–Kier alpha value is -1.14. The quantitative estimate of drug-likeness (QED) is 0.890. The summed E-state index contributed by atoms with van der Waals surface area (Å²) in [5.41, 5.74) is 6.51. The maximum absolute atomic E-state index is 12.2. The van der Waals surface area contributed by atoms with Crippen LogP contribution in [0.25, 0.3) is 0 Å². The average Bonchev–Trinajstić information content (AvgIpc) is 2.47. The van der Waals surface area contributed by atoms with Gasteiger partial charge in [0.15, 0.2) is 0 Å². The van der Waals surface area contributed by atoms with Gasteiger partial charge in [-0.2, -0.15) is 0 Å². The third kappa shape index (κ3) is 4.45. The first-order valence-corrected chi connectivity index (χ1v) is 6.56. The van der Waals surface area contributed by atoms with E-state index in [2.05, 4.69) is 4.90 Å². The molecule has 20 heavy (non-hydrogen) atoms. The number of carbonyl (C=O) groups is 1. The number of amides is 1. The van der Waals surface area contributed by atoms with Crippen LogP contribution in [0.15, 0.2) is 30.3 Å². The van der Waals surface area contributed by atoms with Crippen molar-refractivity contribution in [2.24, 2.45) is 5.73 Å². The highest BCUT2D eigenvalue weighted by Gasteiger charge is 2.22. The maximum atomic E-state index is 12.2. The Kier molecular flexibility index (Phi) is 6.95. The zero-order valence-electron chi connectivity index (χ0n) is 11.7. The molecule has 1 atom stereocenters. The zero-order chi connectivity index (χ0) is 13.7. The summed E-state index contributed by atoms with van der Waals surface area (Å²) in [6, 6.07) is 9.66. The number of anilines is 1. The summed E-state index contributed by atoms with van der Waals surface area (Å²) in [6.07, 6.45) is 0.0450. The predicted molar refractivity (Wildman–Crippen MR) is 82.3 cm³/mol. The van der Waals surface area contributed by atoms with E-state index in [1.807, 2.05) is 30.3 Å². The first-order valence-electron chi connectivity index (χ1n) is 6.56. The maximum Gasteiger partial charge on any atom is 0.240 e. The first kappa shape index (κ1) is 16.9. The van der Waals surface area contributed by atoms with Gasteiger partial charge in [0.1, 0.15) is 0 Å². The predicted octanol–water partition coefficient (Wildman–Crippen LogP) is 0.731. The van der Waals surface area contributed by atoms with E-state index in [-0.39, 0.29) is 24.4 Å². The number of rotatable bonds is 4. The highest BCUT2D eigenvalue weighted by molar-refractivity contribution is 5.94. The van der Waals surface area contributed by atoms with Crippen LogP contribution in [0.5, 0.6) is 0 Å². The Bertz CT molecular complexity index is 416. The monoisotopic (exact) mass is 299 g/mol. The fourth-order valence-electron chi connectivity index (χ4n) is 2.16. The Morgan fingerprint density at radius 3 is 2.80 bits per heavy atom. The lowest BCUT2D eigenvalue weighted by Gasteiger charge is -2.32. The summed E-state index contributed by atoms with van der Waals surface area (Å²) in [5.74, 6) is 0.0869. The van der Waals surface area contributed by atoms with Gasteiger partial charge < -0.3 is 15.4 Å². The van der Waals surface area contributed by atoms with Crippen LogP contribution in [0.1, 0.15) is 0 Å². The second kappa shape index (κ2) is 8.21. The third-order valence-electron chi connectivity index (χ3n) is 3.36. The molecule has 2 N–H and O–H groups in total. The molecule has 0 radical (unpaired) electrons. The van der Waals surface area contributed by atoms with Crippen LogP contribution in [0, 0.1) is 0 Å². The van der Waals surface area contributed by atoms with Gasteiger partial charge in [-0.15, -0.1) is 12.4 Å². The van der Waals surface area contributed by atoms with Crippen molar-refractivity contribution in [2.45, 2.75) is 6.10 Å². The fourth-order valence-corrected chi connectivity index (χ4v) is 2.16. The molecule has 6 heteroatoms. The Morgan fingerprint density at radius 2 is 2.15 bits per heavy atom. The molecule has 2 rings (SSSR count). The second-order valence-corrected chi connectivity index (χ2v) is 4.75. The molecule has 1 heterocycles. The van der Waals surface area contributed by atoms with Crippen molar-refractivity contribution in [1.82, 2.24) is 4.90 Å². The number of morpholine rings is 1. The zero-order valence-corrected chi connectivity index (χ0v) is 12.5. The number of hydrogen-bond donors (Lipinski definition) is 1. The van der Waals surface area contributed by atoms with Crippen molar-refractivity contribution < 1.29 is 9.53 Å². The van der Waals surface area contributed by atoms with Gasteiger partial charge in [0, 0.05) is 32.4 Å². The summed E-state index contributed by atoms with van der Waals surface area (Å²) < 4.78 is 5.49. The van der Waals surface area contributed by atoms with E-state index in [4.69, 9.17) is 10.5 Å². The lowest BCUT2D eigenvalue weighted by molar-refractivity contribution is -0.121. The second-order valence-electron chi connectivity index (χ2n) is 4.75. The SMILES string of the molecule is CN(C(=O)CN1CCOC(CN)C1)c1ccccc1.Cl. The molecule has 1 saturated heterocycles. The molecule has 1 aromatic carbocycles. The molecule has 1 unspecified atom stereocenters. The van der Waals surface area contributed by atoms with Crippen LogP contribution in [-0.2, 0) is 9.53 Å². The molecular weight excluding hydrogens is 278 g/mol. The fraction of sp³-hybridized carbons (Fsp3) is 0.500. The van der Waals surface area contributed by atoms with E-state index in [0.717, 1.165) is 18.8 Å². The number of likely N-dealkylation sites (N-methyl/N-ethyl adjacent to an activating group) is 1. The van der Waals surface area contributed by atoms with E-state index >= 15 is 0 Å². The number of hydrogen-bond acceptors (Lipinski definition) is 4. The number of para-hydroxylation sites is 1. The summed E-state index contributed by atoms with van der Waals surface area (Å²) in [7, 11) is 1.80. The van der Waals surface area contributed by atoms with Crippen molar-refractivity contribution in [1.29, 1.82) is 0 Å². The van der Waals surface area contributed by atoms with Gasteiger partial charge in [-0.25, -0.2) is 0 Å². The normalized spacial score (nSPS) is 19.2. The molecule has 1 aliphatic rings. The number of halogens is 1. The summed E-state index contributed by atoms with van der Waals surface area (Å²) in [4.78, 5) is 16.0. The first-order chi connectivity index (χ1) is 9.20. The van der Waals surface area contributed by atoms with Gasteiger partial charge in [-0.3, -0.25) is 9.69 Å². The third-order valence-corrected chi connectivity index (χ3v) is 3.36. The largest absolute Gasteiger partial charge is 0.374 e. The van der Waals surface area contributed by atoms with Crippen LogP contribution >= 0.6 is 12.4 Å². The van der Waals surface area contributed by atoms with Gasteiger partial charge in [-0.05, 0) is 12.1 Å².